The van der Waals surface area contributed by atoms with Gasteiger partial charge in [-0.1, -0.05) is 45.4 Å². The topological polar surface area (TPSA) is 108 Å². The van der Waals surface area contributed by atoms with Gasteiger partial charge in [-0.25, -0.2) is 0 Å². The summed E-state index contributed by atoms with van der Waals surface area (Å²) >= 11 is 0. The van der Waals surface area contributed by atoms with Crippen LogP contribution in [0.3, 0.4) is 0 Å². The molecule has 0 unspecified atom stereocenters. The van der Waals surface area contributed by atoms with Gasteiger partial charge in [0.15, 0.2) is 0 Å². The van der Waals surface area contributed by atoms with Crippen molar-refractivity contribution in [1.82, 2.24) is 0 Å². The SMILES string of the molecule is CCCCCCCCCC(=O)OCCOCCOCCOCCOCCOCCOCCC(=O)OC(C)(C)C. The third-order valence-corrected chi connectivity index (χ3v) is 5.21. The second-order valence-electron chi connectivity index (χ2n) is 10.1. The highest BCUT2D eigenvalue weighted by atomic mass is 16.6. The summed E-state index contributed by atoms with van der Waals surface area (Å²) in [6.07, 6.45) is 9.03. The maximum atomic E-state index is 11.7. The molecule has 0 radical (unpaired) electrons. The van der Waals surface area contributed by atoms with Crippen molar-refractivity contribution < 1.29 is 47.5 Å². The molecule has 0 atom stereocenters. The molecular formula is C29H56O10. The van der Waals surface area contributed by atoms with E-state index in [9.17, 15) is 9.59 Å². The van der Waals surface area contributed by atoms with Crippen molar-refractivity contribution in [3.63, 3.8) is 0 Å². The summed E-state index contributed by atoms with van der Waals surface area (Å²) in [5.74, 6) is -0.407. The second-order valence-corrected chi connectivity index (χ2v) is 10.1. The van der Waals surface area contributed by atoms with E-state index in [0.29, 0.717) is 85.7 Å². The van der Waals surface area contributed by atoms with E-state index in [4.69, 9.17) is 37.9 Å². The van der Waals surface area contributed by atoms with E-state index in [1.54, 1.807) is 0 Å². The van der Waals surface area contributed by atoms with Crippen LogP contribution in [0, 0.1) is 0 Å². The maximum absolute atomic E-state index is 11.7. The number of carbonyl (C=O) groups is 2. The fraction of sp³-hybridized carbons (Fsp3) is 0.931. The van der Waals surface area contributed by atoms with Crippen molar-refractivity contribution in [2.45, 2.75) is 91.1 Å². The monoisotopic (exact) mass is 564 g/mol. The normalized spacial score (nSPS) is 11.6. The summed E-state index contributed by atoms with van der Waals surface area (Å²) in [5, 5.41) is 0. The molecule has 0 heterocycles. The molecule has 0 rings (SSSR count). The van der Waals surface area contributed by atoms with Crippen molar-refractivity contribution in [3.05, 3.63) is 0 Å². The molecule has 0 aliphatic carbocycles. The van der Waals surface area contributed by atoms with Crippen LogP contribution < -0.4 is 0 Å². The van der Waals surface area contributed by atoms with Crippen LogP contribution in [-0.2, 0) is 47.5 Å². The Morgan fingerprint density at radius 2 is 0.846 bits per heavy atom. The Bertz CT molecular complexity index is 551. The van der Waals surface area contributed by atoms with Crippen molar-refractivity contribution in [2.24, 2.45) is 0 Å². The van der Waals surface area contributed by atoms with Crippen molar-refractivity contribution in [3.8, 4) is 0 Å². The van der Waals surface area contributed by atoms with Gasteiger partial charge in [-0.2, -0.15) is 0 Å². The van der Waals surface area contributed by atoms with Gasteiger partial charge < -0.3 is 37.9 Å². The van der Waals surface area contributed by atoms with Crippen LogP contribution in [0.4, 0.5) is 0 Å². The number of carbonyl (C=O) groups excluding carboxylic acids is 2. The van der Waals surface area contributed by atoms with Gasteiger partial charge in [-0.15, -0.1) is 0 Å². The lowest BCUT2D eigenvalue weighted by molar-refractivity contribution is -0.156. The highest BCUT2D eigenvalue weighted by Crippen LogP contribution is 2.09. The van der Waals surface area contributed by atoms with Crippen molar-refractivity contribution in [1.29, 1.82) is 0 Å². The predicted octanol–water partition coefficient (Wildman–Crippen LogP) is 4.50. The molecule has 232 valence electrons. The van der Waals surface area contributed by atoms with Crippen molar-refractivity contribution >= 4 is 11.9 Å². The summed E-state index contributed by atoms with van der Waals surface area (Å²) in [4.78, 5) is 23.2. The Kier molecular flexibility index (Phi) is 27.3. The molecule has 39 heavy (non-hydrogen) atoms. The Hall–Kier alpha value is -1.30. The lowest BCUT2D eigenvalue weighted by Gasteiger charge is -2.19. The van der Waals surface area contributed by atoms with E-state index in [-0.39, 0.29) is 25.0 Å². The molecule has 0 aromatic rings. The number of hydrogen-bond donors (Lipinski definition) is 0. The van der Waals surface area contributed by atoms with E-state index in [0.717, 1.165) is 12.8 Å². The Morgan fingerprint density at radius 1 is 0.462 bits per heavy atom. The van der Waals surface area contributed by atoms with E-state index >= 15 is 0 Å². The molecule has 0 fully saturated rings. The minimum atomic E-state index is -0.471. The first kappa shape index (κ1) is 37.7. The standard InChI is InChI=1S/C29H56O10/c1-5-6-7-8-9-10-11-12-27(30)38-26-25-37-24-23-36-22-21-35-20-19-34-18-17-33-16-15-32-14-13-28(31)39-29(2,3)4/h5-26H2,1-4H3. The molecule has 0 aromatic carbocycles. The zero-order chi connectivity index (χ0) is 28.9. The second kappa shape index (κ2) is 28.2. The van der Waals surface area contributed by atoms with E-state index in [2.05, 4.69) is 6.92 Å². The summed E-state index contributed by atoms with van der Waals surface area (Å²) in [7, 11) is 0. The summed E-state index contributed by atoms with van der Waals surface area (Å²) in [6.45, 7) is 13.4. The molecule has 0 bridgehead atoms. The number of hydrogen-bond acceptors (Lipinski definition) is 10. The molecule has 0 N–H and O–H groups in total. The minimum Gasteiger partial charge on any atom is -0.463 e. The number of unbranched alkanes of at least 4 members (excludes halogenated alkanes) is 6. The summed E-state index contributed by atoms with van der Waals surface area (Å²) in [6, 6.07) is 0. The van der Waals surface area contributed by atoms with Crippen LogP contribution in [-0.4, -0.2) is 103 Å². The van der Waals surface area contributed by atoms with Gasteiger partial charge in [0, 0.05) is 6.42 Å². The fourth-order valence-electron chi connectivity index (χ4n) is 3.26. The largest absolute Gasteiger partial charge is 0.463 e. The number of esters is 2. The van der Waals surface area contributed by atoms with Crippen LogP contribution >= 0.6 is 0 Å². The van der Waals surface area contributed by atoms with Crippen LogP contribution in [0.1, 0.15) is 85.5 Å². The molecule has 10 heteroatoms. The Labute approximate surface area is 236 Å². The molecular weight excluding hydrogens is 508 g/mol. The van der Waals surface area contributed by atoms with Gasteiger partial charge in [-0.3, -0.25) is 9.59 Å². The average Bonchev–Trinajstić information content (AvgIpc) is 2.88. The van der Waals surface area contributed by atoms with E-state index in [1.807, 2.05) is 20.8 Å². The van der Waals surface area contributed by atoms with E-state index in [1.165, 1.54) is 32.1 Å². The zero-order valence-corrected chi connectivity index (χ0v) is 25.1. The van der Waals surface area contributed by atoms with Gasteiger partial charge in [0.05, 0.1) is 85.7 Å². The first-order chi connectivity index (χ1) is 18.8. The average molecular weight is 565 g/mol. The summed E-state index contributed by atoms with van der Waals surface area (Å²) < 4.78 is 42.9. The molecule has 0 aromatic heterocycles. The van der Waals surface area contributed by atoms with Crippen LogP contribution in [0.25, 0.3) is 0 Å². The molecule has 0 spiro atoms. The number of rotatable bonds is 29. The predicted molar refractivity (Wildman–Crippen MR) is 149 cm³/mol. The smallest absolute Gasteiger partial charge is 0.308 e. The van der Waals surface area contributed by atoms with Crippen molar-refractivity contribution in [2.75, 3.05) is 85.9 Å². The summed E-state index contributed by atoms with van der Waals surface area (Å²) in [5.41, 5.74) is -0.471. The van der Waals surface area contributed by atoms with Gasteiger partial charge in [0.1, 0.15) is 12.2 Å². The highest BCUT2D eigenvalue weighted by molar-refractivity contribution is 5.70. The Morgan fingerprint density at radius 3 is 1.28 bits per heavy atom. The number of ether oxygens (including phenoxy) is 8. The third-order valence-electron chi connectivity index (χ3n) is 5.21. The first-order valence-corrected chi connectivity index (χ1v) is 14.7. The molecule has 0 saturated heterocycles. The van der Waals surface area contributed by atoms with Gasteiger partial charge in [0.2, 0.25) is 0 Å². The molecule has 0 aliphatic heterocycles. The molecule has 0 amide bonds. The molecule has 0 aliphatic rings. The van der Waals surface area contributed by atoms with Crippen LogP contribution in [0.2, 0.25) is 0 Å². The first-order valence-electron chi connectivity index (χ1n) is 14.7. The van der Waals surface area contributed by atoms with Crippen LogP contribution in [0.15, 0.2) is 0 Å². The minimum absolute atomic E-state index is 0.143. The van der Waals surface area contributed by atoms with Crippen LogP contribution in [0.5, 0.6) is 0 Å². The van der Waals surface area contributed by atoms with Gasteiger partial charge >= 0.3 is 11.9 Å². The Balaban J connectivity index is 3.18. The lowest BCUT2D eigenvalue weighted by Crippen LogP contribution is -2.24. The quantitative estimate of drug-likeness (QED) is 0.0952. The maximum Gasteiger partial charge on any atom is 0.308 e. The molecule has 10 nitrogen and oxygen atoms in total. The van der Waals surface area contributed by atoms with Gasteiger partial charge in [0.25, 0.3) is 0 Å². The lowest BCUT2D eigenvalue weighted by atomic mass is 10.1. The highest BCUT2D eigenvalue weighted by Gasteiger charge is 2.15. The zero-order valence-electron chi connectivity index (χ0n) is 25.1. The fourth-order valence-corrected chi connectivity index (χ4v) is 3.26. The van der Waals surface area contributed by atoms with Gasteiger partial charge in [-0.05, 0) is 27.2 Å². The molecule has 0 saturated carbocycles. The van der Waals surface area contributed by atoms with E-state index < -0.39 is 5.60 Å². The third kappa shape index (κ3) is 32.8.